The summed E-state index contributed by atoms with van der Waals surface area (Å²) in [6.07, 6.45) is 1.31. The summed E-state index contributed by atoms with van der Waals surface area (Å²) in [5.74, 6) is 0.0687. The van der Waals surface area contributed by atoms with Crippen molar-refractivity contribution in [2.24, 2.45) is 0 Å². The van der Waals surface area contributed by atoms with Gasteiger partial charge in [-0.15, -0.1) is 0 Å². The second-order valence-corrected chi connectivity index (χ2v) is 8.35. The normalized spacial score (nSPS) is 15.4. The third-order valence-electron chi connectivity index (χ3n) is 6.15. The number of anilines is 2. The Kier molecular flexibility index (Phi) is 6.55. The minimum Gasteiger partial charge on any atom is -0.369 e. The number of nitrogens with one attached hydrogen (secondary N) is 1. The van der Waals surface area contributed by atoms with E-state index < -0.39 is 0 Å². The molecule has 1 N–H and O–H groups in total. The number of rotatable bonds is 6. The van der Waals surface area contributed by atoms with Crippen LogP contribution in [0.1, 0.15) is 18.9 Å². The summed E-state index contributed by atoms with van der Waals surface area (Å²) in [5.41, 5.74) is 5.19. The molecule has 1 heterocycles. The number of likely N-dealkylation sites (N-methyl/N-ethyl adjacent to an activating group) is 1. The molecule has 164 valence electrons. The lowest BCUT2D eigenvalue weighted by atomic mass is 10.0. The number of amides is 2. The topological polar surface area (TPSA) is 52.7 Å². The predicted molar refractivity (Wildman–Crippen MR) is 130 cm³/mol. The van der Waals surface area contributed by atoms with Gasteiger partial charge in [-0.05, 0) is 47.4 Å². The molecule has 1 aliphatic heterocycles. The van der Waals surface area contributed by atoms with Crippen LogP contribution in [0.3, 0.4) is 0 Å². The molecule has 5 nitrogen and oxygen atoms in total. The maximum Gasteiger partial charge on any atom is 0.228 e. The Labute approximate surface area is 189 Å². The van der Waals surface area contributed by atoms with Crippen LogP contribution in [0.15, 0.2) is 78.9 Å². The molecule has 1 unspecified atom stereocenters. The number of hydrogen-bond acceptors (Lipinski definition) is 3. The lowest BCUT2D eigenvalue weighted by Crippen LogP contribution is -2.37. The SMILES string of the molecule is CC(=O)N(C)C1CCN(c2ccc(NC(=O)Cc3ccc(-c4ccccc4)cc3)cc2)C1. The number of nitrogens with zero attached hydrogens (tertiary/aromatic N) is 2. The number of benzene rings is 3. The molecule has 2 amide bonds. The van der Waals surface area contributed by atoms with Crippen molar-refractivity contribution in [3.63, 3.8) is 0 Å². The van der Waals surface area contributed by atoms with Gasteiger partial charge in [-0.25, -0.2) is 0 Å². The van der Waals surface area contributed by atoms with E-state index in [1.54, 1.807) is 6.92 Å². The summed E-state index contributed by atoms with van der Waals surface area (Å²) in [6.45, 7) is 3.37. The van der Waals surface area contributed by atoms with E-state index in [9.17, 15) is 9.59 Å². The molecule has 0 saturated carbocycles. The van der Waals surface area contributed by atoms with Crippen molar-refractivity contribution in [3.05, 3.63) is 84.4 Å². The highest BCUT2D eigenvalue weighted by atomic mass is 16.2. The zero-order valence-electron chi connectivity index (χ0n) is 18.6. The van der Waals surface area contributed by atoms with E-state index in [0.717, 1.165) is 42.0 Å². The van der Waals surface area contributed by atoms with Crippen molar-refractivity contribution >= 4 is 23.2 Å². The maximum absolute atomic E-state index is 12.5. The fourth-order valence-electron chi connectivity index (χ4n) is 4.14. The minimum atomic E-state index is -0.0328. The largest absolute Gasteiger partial charge is 0.369 e. The first kappa shape index (κ1) is 21.6. The minimum absolute atomic E-state index is 0.0328. The van der Waals surface area contributed by atoms with Crippen LogP contribution in [0.5, 0.6) is 0 Å². The molecule has 5 heteroatoms. The summed E-state index contributed by atoms with van der Waals surface area (Å²) in [7, 11) is 1.87. The van der Waals surface area contributed by atoms with Gasteiger partial charge in [0.2, 0.25) is 11.8 Å². The Morgan fingerprint density at radius 1 is 0.938 bits per heavy atom. The van der Waals surface area contributed by atoms with Gasteiger partial charge in [0.05, 0.1) is 12.5 Å². The van der Waals surface area contributed by atoms with E-state index in [1.165, 1.54) is 5.56 Å². The lowest BCUT2D eigenvalue weighted by Gasteiger charge is -2.24. The molecule has 1 aliphatic rings. The summed E-state index contributed by atoms with van der Waals surface area (Å²) < 4.78 is 0. The number of carbonyl (C=O) groups is 2. The third-order valence-corrected chi connectivity index (χ3v) is 6.15. The fourth-order valence-corrected chi connectivity index (χ4v) is 4.14. The van der Waals surface area contributed by atoms with E-state index in [-0.39, 0.29) is 17.9 Å². The van der Waals surface area contributed by atoms with E-state index in [4.69, 9.17) is 0 Å². The van der Waals surface area contributed by atoms with E-state index >= 15 is 0 Å². The molecule has 3 aromatic carbocycles. The number of hydrogen-bond donors (Lipinski definition) is 1. The first-order valence-corrected chi connectivity index (χ1v) is 11.0. The van der Waals surface area contributed by atoms with Gasteiger partial charge in [0.25, 0.3) is 0 Å². The Bertz CT molecular complexity index is 1060. The van der Waals surface area contributed by atoms with Gasteiger partial charge in [0.1, 0.15) is 0 Å². The van der Waals surface area contributed by atoms with Gasteiger partial charge in [-0.1, -0.05) is 54.6 Å². The fraction of sp³-hybridized carbons (Fsp3) is 0.259. The highest BCUT2D eigenvalue weighted by Crippen LogP contribution is 2.24. The second-order valence-electron chi connectivity index (χ2n) is 8.35. The molecule has 4 rings (SSSR count). The monoisotopic (exact) mass is 427 g/mol. The van der Waals surface area contributed by atoms with Crippen molar-refractivity contribution in [1.29, 1.82) is 0 Å². The third kappa shape index (κ3) is 5.17. The van der Waals surface area contributed by atoms with Crippen LogP contribution in [0, 0.1) is 0 Å². The molecule has 0 aromatic heterocycles. The van der Waals surface area contributed by atoms with Crippen LogP contribution in [0.2, 0.25) is 0 Å². The molecule has 3 aromatic rings. The van der Waals surface area contributed by atoms with E-state index in [1.807, 2.05) is 66.5 Å². The van der Waals surface area contributed by atoms with Gasteiger partial charge in [-0.2, -0.15) is 0 Å². The van der Waals surface area contributed by atoms with Crippen molar-refractivity contribution in [3.8, 4) is 11.1 Å². The van der Waals surface area contributed by atoms with Crippen LogP contribution < -0.4 is 10.2 Å². The molecular formula is C27H29N3O2. The second kappa shape index (κ2) is 9.69. The quantitative estimate of drug-likeness (QED) is 0.626. The lowest BCUT2D eigenvalue weighted by molar-refractivity contribution is -0.129. The Morgan fingerprint density at radius 2 is 1.59 bits per heavy atom. The standard InChI is InChI=1S/C27H29N3O2/c1-20(31)29(2)26-16-17-30(19-26)25-14-12-24(13-15-25)28-27(32)18-21-8-10-23(11-9-21)22-6-4-3-5-7-22/h3-15,26H,16-19H2,1-2H3,(H,28,32). The van der Waals surface area contributed by atoms with Gasteiger partial charge in [0, 0.05) is 38.4 Å². The molecule has 1 fully saturated rings. The van der Waals surface area contributed by atoms with E-state index in [0.29, 0.717) is 6.42 Å². The van der Waals surface area contributed by atoms with Crippen molar-refractivity contribution < 1.29 is 9.59 Å². The van der Waals surface area contributed by atoms with Crippen molar-refractivity contribution in [1.82, 2.24) is 4.90 Å². The molecule has 0 aliphatic carbocycles. The summed E-state index contributed by atoms with van der Waals surface area (Å²) in [6, 6.07) is 26.5. The van der Waals surface area contributed by atoms with Gasteiger partial charge in [0.15, 0.2) is 0 Å². The highest BCUT2D eigenvalue weighted by Gasteiger charge is 2.27. The average Bonchev–Trinajstić information content (AvgIpc) is 3.30. The molecule has 1 atom stereocenters. The molecule has 0 spiro atoms. The van der Waals surface area contributed by atoms with Crippen LogP contribution in [-0.2, 0) is 16.0 Å². The molecular weight excluding hydrogens is 398 g/mol. The summed E-state index contributed by atoms with van der Waals surface area (Å²) in [4.78, 5) is 28.2. The van der Waals surface area contributed by atoms with E-state index in [2.05, 4.69) is 34.5 Å². The Balaban J connectivity index is 1.31. The highest BCUT2D eigenvalue weighted by molar-refractivity contribution is 5.92. The van der Waals surface area contributed by atoms with Gasteiger partial charge < -0.3 is 15.1 Å². The smallest absolute Gasteiger partial charge is 0.228 e. The van der Waals surface area contributed by atoms with Crippen LogP contribution in [0.4, 0.5) is 11.4 Å². The summed E-state index contributed by atoms with van der Waals surface area (Å²) >= 11 is 0. The van der Waals surface area contributed by atoms with Crippen LogP contribution in [-0.4, -0.2) is 42.9 Å². The predicted octanol–water partition coefficient (Wildman–Crippen LogP) is 4.59. The first-order chi connectivity index (χ1) is 15.5. The average molecular weight is 428 g/mol. The zero-order valence-corrected chi connectivity index (χ0v) is 18.6. The Morgan fingerprint density at radius 3 is 2.25 bits per heavy atom. The molecule has 0 bridgehead atoms. The van der Waals surface area contributed by atoms with Crippen molar-refractivity contribution in [2.75, 3.05) is 30.4 Å². The van der Waals surface area contributed by atoms with Crippen molar-refractivity contribution in [2.45, 2.75) is 25.8 Å². The van der Waals surface area contributed by atoms with Crippen LogP contribution >= 0.6 is 0 Å². The first-order valence-electron chi connectivity index (χ1n) is 11.0. The zero-order chi connectivity index (χ0) is 22.5. The summed E-state index contributed by atoms with van der Waals surface area (Å²) in [5, 5.41) is 2.99. The van der Waals surface area contributed by atoms with Crippen LogP contribution in [0.25, 0.3) is 11.1 Å². The number of carbonyl (C=O) groups excluding carboxylic acids is 2. The molecule has 1 saturated heterocycles. The van der Waals surface area contributed by atoms with Gasteiger partial charge in [-0.3, -0.25) is 9.59 Å². The Hall–Kier alpha value is -3.60. The molecule has 32 heavy (non-hydrogen) atoms. The maximum atomic E-state index is 12.5. The molecule has 0 radical (unpaired) electrons. The van der Waals surface area contributed by atoms with Gasteiger partial charge >= 0.3 is 0 Å².